The zero-order valence-corrected chi connectivity index (χ0v) is 14.2. The predicted octanol–water partition coefficient (Wildman–Crippen LogP) is 4.59. The van der Waals surface area contributed by atoms with Crippen LogP contribution in [0, 0.1) is 0 Å². The van der Waals surface area contributed by atoms with Gasteiger partial charge in [-0.05, 0) is 36.4 Å². The summed E-state index contributed by atoms with van der Waals surface area (Å²) in [5, 5.41) is 0. The van der Waals surface area contributed by atoms with Crippen LogP contribution >= 0.6 is 12.1 Å². The van der Waals surface area contributed by atoms with Crippen LogP contribution in [-0.2, 0) is 0 Å². The van der Waals surface area contributed by atoms with Crippen molar-refractivity contribution < 1.29 is 13.3 Å². The Balaban J connectivity index is 1.85. The van der Waals surface area contributed by atoms with Gasteiger partial charge < -0.3 is 13.3 Å². The fourth-order valence-electron chi connectivity index (χ4n) is 1.97. The summed E-state index contributed by atoms with van der Waals surface area (Å²) in [7, 11) is -3.28. The standard InChI is InChI=1S/C18H16O3SSi/c22-23(19-16-10-4-1-5-11-16,20-17-12-6-2-7-13-17)21-18-14-8-3-9-15-18/h1-15,22H. The van der Waals surface area contributed by atoms with Crippen LogP contribution in [0.25, 0.3) is 0 Å². The quantitative estimate of drug-likeness (QED) is 0.525. The highest BCUT2D eigenvalue weighted by Crippen LogP contribution is 2.25. The van der Waals surface area contributed by atoms with E-state index in [1.807, 2.05) is 91.0 Å². The molecule has 0 amide bonds. The maximum Gasteiger partial charge on any atom is 0.771 e. The molecule has 0 atom stereocenters. The van der Waals surface area contributed by atoms with Crippen LogP contribution in [0.5, 0.6) is 17.2 Å². The molecule has 0 heterocycles. The molecule has 0 N–H and O–H groups in total. The molecule has 0 aliphatic carbocycles. The van der Waals surface area contributed by atoms with Gasteiger partial charge in [-0.25, -0.2) is 0 Å². The highest BCUT2D eigenvalue weighted by molar-refractivity contribution is 8.11. The smallest absolute Gasteiger partial charge is 0.476 e. The molecule has 3 aromatic carbocycles. The molecule has 0 saturated heterocycles. The molecule has 0 aliphatic rings. The van der Waals surface area contributed by atoms with Gasteiger partial charge in [0.25, 0.3) is 0 Å². The molecule has 0 saturated carbocycles. The molecule has 3 aromatic rings. The van der Waals surface area contributed by atoms with Crippen molar-refractivity contribution in [3.63, 3.8) is 0 Å². The van der Waals surface area contributed by atoms with Gasteiger partial charge in [-0.1, -0.05) is 66.7 Å². The van der Waals surface area contributed by atoms with E-state index in [4.69, 9.17) is 13.3 Å². The van der Waals surface area contributed by atoms with Crippen molar-refractivity contribution in [2.24, 2.45) is 0 Å². The zero-order chi connectivity index (χ0) is 16.0. The minimum Gasteiger partial charge on any atom is -0.476 e. The third-order valence-electron chi connectivity index (χ3n) is 2.97. The van der Waals surface area contributed by atoms with Crippen molar-refractivity contribution in [2.75, 3.05) is 0 Å². The molecule has 0 fully saturated rings. The maximum absolute atomic E-state index is 5.97. The van der Waals surface area contributed by atoms with Crippen molar-refractivity contribution in [3.05, 3.63) is 91.0 Å². The van der Waals surface area contributed by atoms with E-state index >= 15 is 0 Å². The Morgan fingerprint density at radius 2 is 0.739 bits per heavy atom. The van der Waals surface area contributed by atoms with E-state index < -0.39 is 7.95 Å². The average molecular weight is 340 g/mol. The van der Waals surface area contributed by atoms with Gasteiger partial charge in [0, 0.05) is 0 Å². The summed E-state index contributed by atoms with van der Waals surface area (Å²) in [5.41, 5.74) is 0. The molecule has 0 spiro atoms. The number of hydrogen-bond donors (Lipinski definition) is 1. The summed E-state index contributed by atoms with van der Waals surface area (Å²) in [5.74, 6) is 1.96. The normalized spacial score (nSPS) is 10.8. The van der Waals surface area contributed by atoms with Gasteiger partial charge in [0.05, 0.1) is 0 Å². The second-order valence-electron chi connectivity index (χ2n) is 4.77. The zero-order valence-electron chi connectivity index (χ0n) is 12.3. The monoisotopic (exact) mass is 340 g/mol. The van der Waals surface area contributed by atoms with Gasteiger partial charge >= 0.3 is 7.95 Å². The van der Waals surface area contributed by atoms with E-state index in [0.29, 0.717) is 17.2 Å². The summed E-state index contributed by atoms with van der Waals surface area (Å²) in [6.45, 7) is 0. The largest absolute Gasteiger partial charge is 0.771 e. The predicted molar refractivity (Wildman–Crippen MR) is 96.0 cm³/mol. The third-order valence-corrected chi connectivity index (χ3v) is 5.27. The van der Waals surface area contributed by atoms with E-state index in [1.54, 1.807) is 0 Å². The van der Waals surface area contributed by atoms with Gasteiger partial charge in [-0.3, -0.25) is 0 Å². The van der Waals surface area contributed by atoms with E-state index in [2.05, 4.69) is 12.1 Å². The van der Waals surface area contributed by atoms with Crippen molar-refractivity contribution in [1.82, 2.24) is 0 Å². The van der Waals surface area contributed by atoms with Crippen molar-refractivity contribution >= 4 is 20.0 Å². The van der Waals surface area contributed by atoms with Gasteiger partial charge in [-0.15, -0.1) is 0 Å². The SMILES string of the molecule is S[Si](Oc1ccccc1)(Oc1ccccc1)Oc1ccccc1. The van der Waals surface area contributed by atoms with Crippen molar-refractivity contribution in [3.8, 4) is 17.2 Å². The Morgan fingerprint density at radius 1 is 0.478 bits per heavy atom. The summed E-state index contributed by atoms with van der Waals surface area (Å²) in [4.78, 5) is 0. The molecule has 0 aromatic heterocycles. The van der Waals surface area contributed by atoms with Crippen LogP contribution < -0.4 is 13.3 Å². The summed E-state index contributed by atoms with van der Waals surface area (Å²) >= 11 is 4.63. The van der Waals surface area contributed by atoms with Crippen molar-refractivity contribution in [2.45, 2.75) is 0 Å². The summed E-state index contributed by atoms with van der Waals surface area (Å²) < 4.78 is 17.9. The lowest BCUT2D eigenvalue weighted by Gasteiger charge is -2.25. The van der Waals surface area contributed by atoms with Crippen LogP contribution in [0.1, 0.15) is 0 Å². The Morgan fingerprint density at radius 3 is 1.00 bits per heavy atom. The van der Waals surface area contributed by atoms with Gasteiger partial charge in [0.2, 0.25) is 0 Å². The molecule has 3 nitrogen and oxygen atoms in total. The Kier molecular flexibility index (Phi) is 4.90. The average Bonchev–Trinajstić information content (AvgIpc) is 2.57. The molecular weight excluding hydrogens is 324 g/mol. The maximum atomic E-state index is 5.97. The second kappa shape index (κ2) is 7.26. The molecule has 0 radical (unpaired) electrons. The van der Waals surface area contributed by atoms with Gasteiger partial charge in [-0.2, -0.15) is 0 Å². The Labute approximate surface area is 141 Å². The van der Waals surface area contributed by atoms with Crippen molar-refractivity contribution in [1.29, 1.82) is 0 Å². The highest BCUT2D eigenvalue weighted by atomic mass is 32.3. The van der Waals surface area contributed by atoms with E-state index in [0.717, 1.165) is 0 Å². The van der Waals surface area contributed by atoms with Crippen LogP contribution in [0.3, 0.4) is 0 Å². The Hall–Kier alpha value is -2.37. The molecule has 116 valence electrons. The molecule has 0 unspecified atom stereocenters. The van der Waals surface area contributed by atoms with Crippen LogP contribution in [0.15, 0.2) is 91.0 Å². The first kappa shape index (κ1) is 15.5. The minimum atomic E-state index is -3.28. The molecule has 0 bridgehead atoms. The summed E-state index contributed by atoms with van der Waals surface area (Å²) in [6, 6.07) is 28.2. The number of rotatable bonds is 6. The second-order valence-corrected chi connectivity index (χ2v) is 8.07. The fourth-order valence-corrected chi connectivity index (χ4v) is 4.35. The molecular formula is C18H16O3SSi. The lowest BCUT2D eigenvalue weighted by molar-refractivity contribution is 0.296. The summed E-state index contributed by atoms with van der Waals surface area (Å²) in [6.07, 6.45) is 0. The van der Waals surface area contributed by atoms with Gasteiger partial charge in [0.15, 0.2) is 0 Å². The Bertz CT molecular complexity index is 622. The number of benzene rings is 3. The number of thiol groups is 1. The lowest BCUT2D eigenvalue weighted by atomic mass is 10.3. The lowest BCUT2D eigenvalue weighted by Crippen LogP contribution is -2.49. The fraction of sp³-hybridized carbons (Fsp3) is 0. The number of para-hydroxylation sites is 3. The first-order valence-electron chi connectivity index (χ1n) is 7.18. The third kappa shape index (κ3) is 4.55. The molecule has 23 heavy (non-hydrogen) atoms. The topological polar surface area (TPSA) is 27.7 Å². The van der Waals surface area contributed by atoms with Gasteiger partial charge in [0.1, 0.15) is 17.2 Å². The van der Waals surface area contributed by atoms with E-state index in [1.165, 1.54) is 0 Å². The van der Waals surface area contributed by atoms with Crippen LogP contribution in [0.4, 0.5) is 0 Å². The van der Waals surface area contributed by atoms with E-state index in [-0.39, 0.29) is 0 Å². The number of hydrogen-bond acceptors (Lipinski definition) is 4. The first-order chi connectivity index (χ1) is 11.2. The van der Waals surface area contributed by atoms with Crippen LogP contribution in [-0.4, -0.2) is 7.95 Å². The molecule has 0 aliphatic heterocycles. The highest BCUT2D eigenvalue weighted by Gasteiger charge is 2.46. The molecule has 3 rings (SSSR count). The van der Waals surface area contributed by atoms with Crippen LogP contribution in [0.2, 0.25) is 0 Å². The molecule has 5 heteroatoms. The first-order valence-corrected chi connectivity index (χ1v) is 10.2. The minimum absolute atomic E-state index is 0.654. The van der Waals surface area contributed by atoms with E-state index in [9.17, 15) is 0 Å².